The summed E-state index contributed by atoms with van der Waals surface area (Å²) in [6.07, 6.45) is 6.33. The Bertz CT molecular complexity index is 1190. The Kier molecular flexibility index (Phi) is 6.50. The molecule has 34 heavy (non-hydrogen) atoms. The van der Waals surface area contributed by atoms with Crippen molar-refractivity contribution in [1.82, 2.24) is 20.3 Å². The molecule has 10 heteroatoms. The lowest BCUT2D eigenvalue weighted by Gasteiger charge is -2.29. The fourth-order valence-corrected chi connectivity index (χ4v) is 4.69. The molecule has 178 valence electrons. The van der Waals surface area contributed by atoms with Crippen molar-refractivity contribution in [3.05, 3.63) is 53.7 Å². The van der Waals surface area contributed by atoms with E-state index in [9.17, 15) is 9.18 Å². The van der Waals surface area contributed by atoms with Gasteiger partial charge in [0.1, 0.15) is 11.6 Å². The first-order chi connectivity index (χ1) is 16.6. The predicted molar refractivity (Wildman–Crippen MR) is 126 cm³/mol. The molecule has 0 aliphatic carbocycles. The number of halogens is 1. The van der Waals surface area contributed by atoms with E-state index in [1.165, 1.54) is 12.3 Å². The molecule has 2 aliphatic rings. The number of nitrogens with zero attached hydrogens (tertiary/aromatic N) is 5. The largest absolute Gasteiger partial charge is 0.395 e. The van der Waals surface area contributed by atoms with Crippen molar-refractivity contribution >= 4 is 28.4 Å². The maximum Gasteiger partial charge on any atom is 0.251 e. The van der Waals surface area contributed by atoms with Gasteiger partial charge in [0.15, 0.2) is 0 Å². The highest BCUT2D eigenvalue weighted by Gasteiger charge is 2.30. The monoisotopic (exact) mass is 466 g/mol. The highest BCUT2D eigenvalue weighted by atomic mass is 19.1. The molecule has 0 spiro atoms. The van der Waals surface area contributed by atoms with Crippen LogP contribution in [0.5, 0.6) is 0 Å². The first kappa shape index (κ1) is 22.4. The van der Waals surface area contributed by atoms with Crippen LogP contribution in [0.2, 0.25) is 0 Å². The summed E-state index contributed by atoms with van der Waals surface area (Å²) < 4.78 is 19.4. The number of rotatable bonds is 6. The first-order valence-corrected chi connectivity index (χ1v) is 11.5. The lowest BCUT2D eigenvalue weighted by molar-refractivity contribution is 0.0944. The summed E-state index contributed by atoms with van der Waals surface area (Å²) in [7, 11) is 0. The summed E-state index contributed by atoms with van der Waals surface area (Å²) in [6, 6.07) is 4.95. The number of nitrogens with one attached hydrogen (secondary N) is 1. The van der Waals surface area contributed by atoms with E-state index in [1.54, 1.807) is 18.5 Å². The number of pyridine rings is 1. The lowest BCUT2D eigenvalue weighted by Crippen LogP contribution is -2.36. The van der Waals surface area contributed by atoms with Crippen LogP contribution >= 0.6 is 0 Å². The minimum Gasteiger partial charge on any atom is -0.395 e. The molecule has 2 aliphatic heterocycles. The number of aliphatic hydroxyl groups is 1. The van der Waals surface area contributed by atoms with Gasteiger partial charge in [-0.05, 0) is 25.0 Å². The van der Waals surface area contributed by atoms with Gasteiger partial charge in [0.05, 0.1) is 61.2 Å². The highest BCUT2D eigenvalue weighted by Crippen LogP contribution is 2.39. The van der Waals surface area contributed by atoms with Crippen LogP contribution in [0.15, 0.2) is 36.8 Å². The van der Waals surface area contributed by atoms with Crippen molar-refractivity contribution in [2.24, 2.45) is 0 Å². The van der Waals surface area contributed by atoms with Gasteiger partial charge >= 0.3 is 0 Å². The summed E-state index contributed by atoms with van der Waals surface area (Å²) in [5.74, 6) is 0.0965. The van der Waals surface area contributed by atoms with Gasteiger partial charge < -0.3 is 25.0 Å². The molecule has 0 radical (unpaired) electrons. The summed E-state index contributed by atoms with van der Waals surface area (Å²) in [5, 5.41) is 11.8. The minimum atomic E-state index is -0.389. The van der Waals surface area contributed by atoms with Crippen LogP contribution in [0, 0.1) is 5.82 Å². The minimum absolute atomic E-state index is 0.106. The molecule has 2 N–H and O–H groups in total. The zero-order valence-corrected chi connectivity index (χ0v) is 18.8. The fourth-order valence-electron chi connectivity index (χ4n) is 4.69. The Balaban J connectivity index is 1.60. The average Bonchev–Trinajstić information content (AvgIpc) is 3.36. The number of hydrogen-bond acceptors (Lipinski definition) is 8. The van der Waals surface area contributed by atoms with Crippen LogP contribution in [0.4, 0.5) is 15.9 Å². The molecule has 5 rings (SSSR count). The molecule has 1 unspecified atom stereocenters. The average molecular weight is 467 g/mol. The van der Waals surface area contributed by atoms with Crippen LogP contribution in [0.25, 0.3) is 11.0 Å². The van der Waals surface area contributed by atoms with E-state index in [1.807, 2.05) is 6.07 Å². The van der Waals surface area contributed by atoms with Gasteiger partial charge in [-0.1, -0.05) is 0 Å². The number of amides is 1. The summed E-state index contributed by atoms with van der Waals surface area (Å²) >= 11 is 0. The molecule has 2 saturated heterocycles. The second-order valence-corrected chi connectivity index (χ2v) is 8.45. The molecule has 9 nitrogen and oxygen atoms in total. The number of ether oxygens (including phenoxy) is 1. The van der Waals surface area contributed by atoms with E-state index in [2.05, 4.69) is 25.1 Å². The summed E-state index contributed by atoms with van der Waals surface area (Å²) in [6.45, 7) is 3.52. The standard InChI is InChI=1S/C24H27FN6O3/c25-17-12-18(14-26-13-17)31-4-1-2-21(31)19-10-16(24(33)27-3-7-32)11-20-23(19)29-22(15-28-20)30-5-8-34-9-6-30/h10-15,21,32H,1-9H2,(H,27,33). The number of anilines is 2. The Hall–Kier alpha value is -3.37. The van der Waals surface area contributed by atoms with Crippen LogP contribution in [0.3, 0.4) is 0 Å². The SMILES string of the molecule is O=C(NCCO)c1cc(C2CCCN2c2cncc(F)c2)c2nc(N3CCOCC3)cnc2c1. The van der Waals surface area contributed by atoms with Gasteiger partial charge in [0.25, 0.3) is 5.91 Å². The molecule has 2 aromatic heterocycles. The van der Waals surface area contributed by atoms with E-state index in [4.69, 9.17) is 14.8 Å². The Labute approximate surface area is 196 Å². The first-order valence-electron chi connectivity index (χ1n) is 11.5. The molecule has 1 atom stereocenters. The van der Waals surface area contributed by atoms with E-state index in [0.717, 1.165) is 49.4 Å². The van der Waals surface area contributed by atoms with Crippen molar-refractivity contribution in [3.63, 3.8) is 0 Å². The van der Waals surface area contributed by atoms with Crippen LogP contribution < -0.4 is 15.1 Å². The van der Waals surface area contributed by atoms with Crippen molar-refractivity contribution < 1.29 is 19.0 Å². The summed E-state index contributed by atoms with van der Waals surface area (Å²) in [5.41, 5.74) is 3.37. The Morgan fingerprint density at radius 3 is 2.82 bits per heavy atom. The number of morpholine rings is 1. The topological polar surface area (TPSA) is 104 Å². The molecule has 1 aromatic carbocycles. The third-order valence-electron chi connectivity index (χ3n) is 6.29. The maximum atomic E-state index is 13.9. The number of carbonyl (C=O) groups excluding carboxylic acids is 1. The Morgan fingerprint density at radius 1 is 1.18 bits per heavy atom. The van der Waals surface area contributed by atoms with E-state index in [0.29, 0.717) is 30.0 Å². The molecule has 0 bridgehead atoms. The van der Waals surface area contributed by atoms with Gasteiger partial charge in [0.2, 0.25) is 0 Å². The molecule has 2 fully saturated rings. The van der Waals surface area contributed by atoms with Crippen molar-refractivity contribution in [2.75, 3.05) is 55.8 Å². The maximum absolute atomic E-state index is 13.9. The lowest BCUT2D eigenvalue weighted by atomic mass is 9.98. The normalized spacial score (nSPS) is 18.5. The zero-order valence-electron chi connectivity index (χ0n) is 18.8. The van der Waals surface area contributed by atoms with E-state index >= 15 is 0 Å². The number of fused-ring (bicyclic) bond motifs is 1. The van der Waals surface area contributed by atoms with Crippen molar-refractivity contribution in [1.29, 1.82) is 0 Å². The van der Waals surface area contributed by atoms with E-state index < -0.39 is 0 Å². The molecular formula is C24H27FN6O3. The van der Waals surface area contributed by atoms with Gasteiger partial charge in [-0.2, -0.15) is 0 Å². The smallest absolute Gasteiger partial charge is 0.251 e. The van der Waals surface area contributed by atoms with E-state index in [-0.39, 0.29) is 30.9 Å². The Morgan fingerprint density at radius 2 is 2.03 bits per heavy atom. The predicted octanol–water partition coefficient (Wildman–Crippen LogP) is 2.06. The van der Waals surface area contributed by atoms with Crippen molar-refractivity contribution in [2.45, 2.75) is 18.9 Å². The molecule has 1 amide bonds. The van der Waals surface area contributed by atoms with Gasteiger partial charge in [-0.25, -0.2) is 9.37 Å². The third-order valence-corrected chi connectivity index (χ3v) is 6.29. The van der Waals surface area contributed by atoms with Gasteiger partial charge in [0, 0.05) is 43.4 Å². The highest BCUT2D eigenvalue weighted by molar-refractivity contribution is 5.98. The van der Waals surface area contributed by atoms with Crippen LogP contribution in [0.1, 0.15) is 34.8 Å². The zero-order chi connectivity index (χ0) is 23.5. The number of aromatic nitrogens is 3. The number of benzene rings is 1. The van der Waals surface area contributed by atoms with Crippen LogP contribution in [-0.2, 0) is 4.74 Å². The molecule has 0 saturated carbocycles. The third kappa shape index (κ3) is 4.51. The number of hydrogen-bond donors (Lipinski definition) is 2. The van der Waals surface area contributed by atoms with Crippen molar-refractivity contribution in [3.8, 4) is 0 Å². The second-order valence-electron chi connectivity index (χ2n) is 8.45. The van der Waals surface area contributed by atoms with Gasteiger partial charge in [-0.15, -0.1) is 0 Å². The second kappa shape index (κ2) is 9.86. The van der Waals surface area contributed by atoms with Gasteiger partial charge in [-0.3, -0.25) is 14.8 Å². The number of carbonyl (C=O) groups is 1. The molecular weight excluding hydrogens is 439 g/mol. The molecule has 3 aromatic rings. The molecule has 4 heterocycles. The fraction of sp³-hybridized carbons (Fsp3) is 0.417. The number of aliphatic hydroxyl groups excluding tert-OH is 1. The summed E-state index contributed by atoms with van der Waals surface area (Å²) in [4.78, 5) is 30.7. The van der Waals surface area contributed by atoms with Crippen LogP contribution in [-0.4, -0.2) is 72.0 Å². The quantitative estimate of drug-likeness (QED) is 0.569.